The van der Waals surface area contributed by atoms with E-state index < -0.39 is 15.8 Å². The normalized spacial score (nSPS) is 39.7. The van der Waals surface area contributed by atoms with Gasteiger partial charge < -0.3 is 0 Å². The number of hydrogen-bond acceptors (Lipinski definition) is 3. The lowest BCUT2D eigenvalue weighted by molar-refractivity contribution is 0.184. The van der Waals surface area contributed by atoms with Crippen molar-refractivity contribution in [3.63, 3.8) is 0 Å². The molecule has 0 aromatic heterocycles. The maximum atomic E-state index is 11.0. The number of hydrogen-bond donors (Lipinski definition) is 1. The van der Waals surface area contributed by atoms with Gasteiger partial charge in [0.25, 0.3) is 0 Å². The number of nitrogens with one attached hydrogen (secondary N) is 1. The Morgan fingerprint density at radius 1 is 1.75 bits per heavy atom. The molecule has 1 fully saturated rings. The highest BCUT2D eigenvalue weighted by Crippen LogP contribution is 2.26. The van der Waals surface area contributed by atoms with Crippen LogP contribution < -0.4 is 4.72 Å². The first-order chi connectivity index (χ1) is 5.43. The third-order valence-electron chi connectivity index (χ3n) is 2.05. The van der Waals surface area contributed by atoms with Crippen molar-refractivity contribution in [2.45, 2.75) is 31.9 Å². The Hall–Kier alpha value is -0.390. The molecule has 0 spiro atoms. The summed E-state index contributed by atoms with van der Waals surface area (Å²) in [5.41, 5.74) is -0.659. The lowest BCUT2D eigenvalue weighted by atomic mass is 9.95. The van der Waals surface area contributed by atoms with E-state index in [1.54, 1.807) is 13.0 Å². The second-order valence-corrected chi connectivity index (χ2v) is 4.34. The summed E-state index contributed by atoms with van der Waals surface area (Å²) in [4.78, 5) is 0. The molecule has 0 aromatic rings. The van der Waals surface area contributed by atoms with E-state index in [4.69, 9.17) is 4.18 Å². The molecule has 1 heterocycles. The highest BCUT2D eigenvalue weighted by molar-refractivity contribution is 7.85. The van der Waals surface area contributed by atoms with Crippen LogP contribution in [0.1, 0.15) is 20.3 Å². The van der Waals surface area contributed by atoms with Crippen LogP contribution in [0.2, 0.25) is 0 Å². The molecule has 0 bridgehead atoms. The Morgan fingerprint density at radius 2 is 2.33 bits per heavy atom. The van der Waals surface area contributed by atoms with Crippen LogP contribution in [0.15, 0.2) is 12.7 Å². The van der Waals surface area contributed by atoms with Gasteiger partial charge in [0.2, 0.25) is 0 Å². The zero-order chi connectivity index (χ0) is 9.41. The minimum atomic E-state index is -3.55. The molecule has 0 aromatic carbocycles. The summed E-state index contributed by atoms with van der Waals surface area (Å²) < 4.78 is 29.2. The van der Waals surface area contributed by atoms with E-state index in [1.165, 1.54) is 0 Å². The highest BCUT2D eigenvalue weighted by atomic mass is 32.2. The fraction of sp³-hybridized carbons (Fsp3) is 0.714. The zero-order valence-electron chi connectivity index (χ0n) is 7.20. The van der Waals surface area contributed by atoms with Gasteiger partial charge in [0.1, 0.15) is 6.10 Å². The summed E-state index contributed by atoms with van der Waals surface area (Å²) >= 11 is 0. The van der Waals surface area contributed by atoms with Gasteiger partial charge in [-0.25, -0.2) is 0 Å². The molecule has 12 heavy (non-hydrogen) atoms. The lowest BCUT2D eigenvalue weighted by Gasteiger charge is -2.22. The summed E-state index contributed by atoms with van der Waals surface area (Å²) in [5, 5.41) is 0. The minimum absolute atomic E-state index is 0.347. The third-order valence-corrected chi connectivity index (χ3v) is 3.23. The van der Waals surface area contributed by atoms with Gasteiger partial charge in [-0.2, -0.15) is 13.1 Å². The Bertz CT molecular complexity index is 285. The van der Waals surface area contributed by atoms with Crippen LogP contribution in [0, 0.1) is 0 Å². The Balaban J connectivity index is 2.98. The van der Waals surface area contributed by atoms with Crippen molar-refractivity contribution in [2.75, 3.05) is 0 Å². The zero-order valence-corrected chi connectivity index (χ0v) is 8.02. The number of rotatable bonds is 2. The maximum absolute atomic E-state index is 11.0. The maximum Gasteiger partial charge on any atom is 0.337 e. The molecule has 70 valence electrons. The van der Waals surface area contributed by atoms with Crippen LogP contribution in [-0.2, 0) is 14.5 Å². The topological polar surface area (TPSA) is 55.4 Å². The molecule has 1 aliphatic rings. The van der Waals surface area contributed by atoms with E-state index in [9.17, 15) is 8.42 Å². The van der Waals surface area contributed by atoms with Gasteiger partial charge in [-0.15, -0.1) is 6.58 Å². The van der Waals surface area contributed by atoms with E-state index in [0.717, 1.165) is 0 Å². The molecule has 0 saturated carbocycles. The average molecular weight is 191 g/mol. The first-order valence-corrected chi connectivity index (χ1v) is 5.20. The molecule has 2 atom stereocenters. The molecule has 1 N–H and O–H groups in total. The highest BCUT2D eigenvalue weighted by Gasteiger charge is 2.44. The van der Waals surface area contributed by atoms with E-state index in [2.05, 4.69) is 11.3 Å². The van der Waals surface area contributed by atoms with Crippen molar-refractivity contribution in [2.24, 2.45) is 0 Å². The van der Waals surface area contributed by atoms with Crippen LogP contribution in [0.5, 0.6) is 0 Å². The predicted molar refractivity (Wildman–Crippen MR) is 45.8 cm³/mol. The standard InChI is InChI=1S/C7H13NO3S/c1-4-6-7(3,5-2)8-12(9,10)11-6/h5-6,8H,2,4H2,1,3H3. The smallest absolute Gasteiger partial charge is 0.252 e. The second kappa shape index (κ2) is 2.83. The van der Waals surface area contributed by atoms with Crippen molar-refractivity contribution in [1.29, 1.82) is 0 Å². The summed E-state index contributed by atoms with van der Waals surface area (Å²) in [5.74, 6) is 0. The summed E-state index contributed by atoms with van der Waals surface area (Å²) in [6, 6.07) is 0. The van der Waals surface area contributed by atoms with Gasteiger partial charge in [-0.3, -0.25) is 4.18 Å². The van der Waals surface area contributed by atoms with Crippen molar-refractivity contribution in [1.82, 2.24) is 4.72 Å². The van der Waals surface area contributed by atoms with Crippen LogP contribution in [0.25, 0.3) is 0 Å². The Morgan fingerprint density at radius 3 is 2.67 bits per heavy atom. The second-order valence-electron chi connectivity index (χ2n) is 3.04. The monoisotopic (exact) mass is 191 g/mol. The molecule has 0 radical (unpaired) electrons. The molecule has 4 nitrogen and oxygen atoms in total. The molecule has 0 aliphatic carbocycles. The quantitative estimate of drug-likeness (QED) is 0.649. The average Bonchev–Trinajstić information content (AvgIpc) is 2.22. The molecular weight excluding hydrogens is 178 g/mol. The predicted octanol–water partition coefficient (Wildman–Crippen LogP) is 0.574. The van der Waals surface area contributed by atoms with Crippen LogP contribution in [0.3, 0.4) is 0 Å². The minimum Gasteiger partial charge on any atom is -0.252 e. The third kappa shape index (κ3) is 1.53. The molecule has 2 unspecified atom stereocenters. The molecule has 1 aliphatic heterocycles. The van der Waals surface area contributed by atoms with Crippen LogP contribution in [-0.4, -0.2) is 20.1 Å². The summed E-state index contributed by atoms with van der Waals surface area (Å²) in [7, 11) is -3.55. The van der Waals surface area contributed by atoms with Gasteiger partial charge in [0.05, 0.1) is 5.54 Å². The SMILES string of the molecule is C=CC1(C)NS(=O)(=O)OC1CC. The molecule has 1 rings (SSSR count). The molecule has 0 amide bonds. The molecule has 1 saturated heterocycles. The fourth-order valence-electron chi connectivity index (χ4n) is 1.28. The summed E-state index contributed by atoms with van der Waals surface area (Å²) in [6.07, 6.45) is 1.85. The van der Waals surface area contributed by atoms with Gasteiger partial charge in [0.15, 0.2) is 0 Å². The van der Waals surface area contributed by atoms with Gasteiger partial charge in [0, 0.05) is 0 Å². The largest absolute Gasteiger partial charge is 0.337 e. The van der Waals surface area contributed by atoms with Crippen molar-refractivity contribution < 1.29 is 12.6 Å². The lowest BCUT2D eigenvalue weighted by Crippen LogP contribution is -2.43. The molecule has 5 heteroatoms. The van der Waals surface area contributed by atoms with Gasteiger partial charge in [-0.05, 0) is 13.3 Å². The van der Waals surface area contributed by atoms with Gasteiger partial charge in [-0.1, -0.05) is 13.0 Å². The van der Waals surface area contributed by atoms with Crippen LogP contribution in [0.4, 0.5) is 0 Å². The summed E-state index contributed by atoms with van der Waals surface area (Å²) in [6.45, 7) is 7.19. The van der Waals surface area contributed by atoms with E-state index in [0.29, 0.717) is 6.42 Å². The van der Waals surface area contributed by atoms with Gasteiger partial charge >= 0.3 is 10.3 Å². The Kier molecular flexibility index (Phi) is 2.29. The molecular formula is C7H13NO3S. The first-order valence-electron chi connectivity index (χ1n) is 3.79. The first kappa shape index (κ1) is 9.70. The fourth-order valence-corrected chi connectivity index (χ4v) is 2.72. The Labute approximate surface area is 72.9 Å². The van der Waals surface area contributed by atoms with Crippen molar-refractivity contribution >= 4 is 10.3 Å². The van der Waals surface area contributed by atoms with Crippen LogP contribution >= 0.6 is 0 Å². The van der Waals surface area contributed by atoms with E-state index in [-0.39, 0.29) is 6.10 Å². The van der Waals surface area contributed by atoms with Crippen molar-refractivity contribution in [3.8, 4) is 0 Å². The van der Waals surface area contributed by atoms with E-state index >= 15 is 0 Å². The van der Waals surface area contributed by atoms with Crippen molar-refractivity contribution in [3.05, 3.63) is 12.7 Å². The van der Waals surface area contributed by atoms with E-state index in [1.807, 2.05) is 6.92 Å².